The molecule has 9 rings (SSSR count). The zero-order chi connectivity index (χ0) is 27.6. The van der Waals surface area contributed by atoms with Crippen LogP contribution in [0.2, 0.25) is 0 Å². The molecule has 8 aromatic rings. The molecule has 42 heavy (non-hydrogen) atoms. The first kappa shape index (κ1) is 23.4. The van der Waals surface area contributed by atoms with E-state index >= 15 is 0 Å². The van der Waals surface area contributed by atoms with Crippen molar-refractivity contribution in [2.45, 2.75) is 12.8 Å². The summed E-state index contributed by atoms with van der Waals surface area (Å²) < 4.78 is 4.80. The molecule has 0 atom stereocenters. The van der Waals surface area contributed by atoms with Crippen molar-refractivity contribution in [2.75, 3.05) is 0 Å². The molecule has 2 aromatic heterocycles. The largest absolute Gasteiger partial charge is 0.309 e. The monoisotopic (exact) mass is 536 g/mol. The highest BCUT2D eigenvalue weighted by Gasteiger charge is 2.16. The Morgan fingerprint density at radius 2 is 1.00 bits per heavy atom. The van der Waals surface area contributed by atoms with E-state index in [2.05, 4.69) is 155 Å². The van der Waals surface area contributed by atoms with Gasteiger partial charge >= 0.3 is 0 Å². The van der Waals surface area contributed by atoms with E-state index in [1.165, 1.54) is 77.2 Å². The zero-order valence-corrected chi connectivity index (χ0v) is 23.2. The van der Waals surface area contributed by atoms with Crippen molar-refractivity contribution in [3.05, 3.63) is 151 Å². The maximum Gasteiger partial charge on any atom is 0.0541 e. The SMILES string of the molecule is C1=Cc2cc(-n3c4ccccc4c4cc(-c5ccc6c(c5)c5ccccc5n6-c5ccccc5)ccc43)ccc2CC1. The first-order valence-electron chi connectivity index (χ1n) is 14.8. The molecule has 6 aromatic carbocycles. The van der Waals surface area contributed by atoms with E-state index in [-0.39, 0.29) is 0 Å². The van der Waals surface area contributed by atoms with Crippen molar-refractivity contribution in [3.63, 3.8) is 0 Å². The van der Waals surface area contributed by atoms with Gasteiger partial charge in [0.1, 0.15) is 0 Å². The molecule has 0 radical (unpaired) electrons. The van der Waals surface area contributed by atoms with Gasteiger partial charge in [0.05, 0.1) is 22.1 Å². The summed E-state index contributed by atoms with van der Waals surface area (Å²) in [5, 5.41) is 5.11. The second kappa shape index (κ2) is 9.09. The summed E-state index contributed by atoms with van der Waals surface area (Å²) in [6, 6.07) is 49.0. The summed E-state index contributed by atoms with van der Waals surface area (Å²) in [4.78, 5) is 0. The van der Waals surface area contributed by atoms with Crippen LogP contribution in [0.5, 0.6) is 0 Å². The summed E-state index contributed by atoms with van der Waals surface area (Å²) >= 11 is 0. The van der Waals surface area contributed by atoms with E-state index in [1.807, 2.05) is 0 Å². The minimum atomic E-state index is 1.12. The van der Waals surface area contributed by atoms with E-state index < -0.39 is 0 Å². The molecule has 2 heterocycles. The fraction of sp³-hybridized carbons (Fsp3) is 0.0500. The van der Waals surface area contributed by atoms with Gasteiger partial charge in [0.15, 0.2) is 0 Å². The average molecular weight is 537 g/mol. The lowest BCUT2D eigenvalue weighted by Gasteiger charge is -2.14. The van der Waals surface area contributed by atoms with Gasteiger partial charge < -0.3 is 9.13 Å². The van der Waals surface area contributed by atoms with E-state index in [4.69, 9.17) is 0 Å². The number of hydrogen-bond acceptors (Lipinski definition) is 0. The summed E-state index contributed by atoms with van der Waals surface area (Å²) in [6.45, 7) is 0. The Morgan fingerprint density at radius 3 is 1.67 bits per heavy atom. The van der Waals surface area contributed by atoms with Gasteiger partial charge in [0, 0.05) is 32.9 Å². The Bertz CT molecular complexity index is 2350. The fourth-order valence-corrected chi connectivity index (χ4v) is 6.99. The quantitative estimate of drug-likeness (QED) is 0.213. The van der Waals surface area contributed by atoms with Gasteiger partial charge in [0.2, 0.25) is 0 Å². The molecule has 0 saturated heterocycles. The summed E-state index contributed by atoms with van der Waals surface area (Å²) in [5.41, 5.74) is 12.6. The van der Waals surface area contributed by atoms with Gasteiger partial charge in [-0.1, -0.05) is 84.9 Å². The van der Waals surface area contributed by atoms with Crippen LogP contribution in [0.1, 0.15) is 17.5 Å². The summed E-state index contributed by atoms with van der Waals surface area (Å²) in [7, 11) is 0. The minimum Gasteiger partial charge on any atom is -0.309 e. The molecule has 2 nitrogen and oxygen atoms in total. The molecule has 1 aliphatic carbocycles. The molecule has 0 bridgehead atoms. The fourth-order valence-electron chi connectivity index (χ4n) is 6.99. The van der Waals surface area contributed by atoms with Crippen molar-refractivity contribution in [1.82, 2.24) is 9.13 Å². The van der Waals surface area contributed by atoms with E-state index in [1.54, 1.807) is 0 Å². The van der Waals surface area contributed by atoms with Gasteiger partial charge in [-0.15, -0.1) is 0 Å². The minimum absolute atomic E-state index is 1.12. The van der Waals surface area contributed by atoms with Crippen LogP contribution in [0.25, 0.3) is 72.2 Å². The lowest BCUT2D eigenvalue weighted by Crippen LogP contribution is -1.99. The van der Waals surface area contributed by atoms with Gasteiger partial charge in [0.25, 0.3) is 0 Å². The van der Waals surface area contributed by atoms with E-state index in [0.717, 1.165) is 12.8 Å². The molecule has 0 spiro atoms. The highest BCUT2D eigenvalue weighted by molar-refractivity contribution is 6.12. The van der Waals surface area contributed by atoms with Crippen LogP contribution >= 0.6 is 0 Å². The van der Waals surface area contributed by atoms with Crippen molar-refractivity contribution in [2.24, 2.45) is 0 Å². The Labute approximate surface area is 244 Å². The van der Waals surface area contributed by atoms with Gasteiger partial charge in [-0.2, -0.15) is 0 Å². The molecule has 0 aliphatic heterocycles. The Morgan fingerprint density at radius 1 is 0.429 bits per heavy atom. The van der Waals surface area contributed by atoms with Crippen molar-refractivity contribution in [3.8, 4) is 22.5 Å². The molecule has 0 unspecified atom stereocenters. The molecular weight excluding hydrogens is 508 g/mol. The Kier molecular flexibility index (Phi) is 5.06. The number of aryl methyl sites for hydroxylation is 1. The Hall–Kier alpha value is -5.34. The standard InChI is InChI=1S/C40H28N2/c1-2-12-31(13-3-1)41-37-16-8-6-14-33(37)35-25-29(19-22-39(35)41)30-20-23-40-36(26-30)34-15-7-9-17-38(34)42(40)32-21-18-27-10-4-5-11-28(27)24-32/h1-3,5-9,11-26H,4,10H2. The Balaban J connectivity index is 1.24. The second-order valence-electron chi connectivity index (χ2n) is 11.3. The molecule has 0 fully saturated rings. The topological polar surface area (TPSA) is 9.86 Å². The van der Waals surface area contributed by atoms with Crippen LogP contribution < -0.4 is 0 Å². The van der Waals surface area contributed by atoms with Crippen molar-refractivity contribution >= 4 is 49.7 Å². The lowest BCUT2D eigenvalue weighted by atomic mass is 9.97. The number of benzene rings is 6. The molecular formula is C40H28N2. The van der Waals surface area contributed by atoms with Crippen LogP contribution in [0.3, 0.4) is 0 Å². The first-order chi connectivity index (χ1) is 20.8. The molecule has 0 saturated carbocycles. The third-order valence-electron chi connectivity index (χ3n) is 8.96. The first-order valence-corrected chi connectivity index (χ1v) is 14.8. The third-order valence-corrected chi connectivity index (χ3v) is 8.96. The predicted octanol–water partition coefficient (Wildman–Crippen LogP) is 10.5. The predicted molar refractivity (Wildman–Crippen MR) is 178 cm³/mol. The number of fused-ring (bicyclic) bond motifs is 7. The average Bonchev–Trinajstić information content (AvgIpc) is 3.57. The summed E-state index contributed by atoms with van der Waals surface area (Å²) in [5.74, 6) is 0. The number of nitrogens with zero attached hydrogens (tertiary/aromatic N) is 2. The number of para-hydroxylation sites is 3. The van der Waals surface area contributed by atoms with Crippen LogP contribution in [0, 0.1) is 0 Å². The van der Waals surface area contributed by atoms with Crippen LogP contribution in [-0.2, 0) is 6.42 Å². The smallest absolute Gasteiger partial charge is 0.0541 e. The molecule has 198 valence electrons. The molecule has 2 heteroatoms. The number of allylic oxidation sites excluding steroid dienone is 1. The van der Waals surface area contributed by atoms with E-state index in [9.17, 15) is 0 Å². The maximum atomic E-state index is 2.42. The van der Waals surface area contributed by atoms with Crippen molar-refractivity contribution in [1.29, 1.82) is 0 Å². The van der Waals surface area contributed by atoms with Crippen LogP contribution in [0.4, 0.5) is 0 Å². The summed E-state index contributed by atoms with van der Waals surface area (Å²) in [6.07, 6.45) is 6.82. The highest BCUT2D eigenvalue weighted by Crippen LogP contribution is 2.38. The number of aromatic nitrogens is 2. The number of rotatable bonds is 3. The molecule has 0 amide bonds. The number of hydrogen-bond donors (Lipinski definition) is 0. The highest BCUT2D eigenvalue weighted by atomic mass is 15.0. The third kappa shape index (κ3) is 3.45. The normalized spacial score (nSPS) is 13.0. The second-order valence-corrected chi connectivity index (χ2v) is 11.3. The molecule has 1 aliphatic rings. The van der Waals surface area contributed by atoms with Gasteiger partial charge in [-0.3, -0.25) is 0 Å². The van der Waals surface area contributed by atoms with Gasteiger partial charge in [-0.25, -0.2) is 0 Å². The van der Waals surface area contributed by atoms with E-state index in [0.29, 0.717) is 0 Å². The lowest BCUT2D eigenvalue weighted by molar-refractivity contribution is 0.982. The van der Waals surface area contributed by atoms with Crippen LogP contribution in [-0.4, -0.2) is 9.13 Å². The molecule has 0 N–H and O–H groups in total. The maximum absolute atomic E-state index is 2.42. The van der Waals surface area contributed by atoms with Crippen molar-refractivity contribution < 1.29 is 0 Å². The van der Waals surface area contributed by atoms with Crippen LogP contribution in [0.15, 0.2) is 140 Å². The zero-order valence-electron chi connectivity index (χ0n) is 23.2. The van der Waals surface area contributed by atoms with Gasteiger partial charge in [-0.05, 0) is 95.8 Å².